The fraction of sp³-hybridized carbons (Fsp3) is 0.413. The summed E-state index contributed by atoms with van der Waals surface area (Å²) in [4.78, 5) is 42.1. The average Bonchev–Trinajstić information content (AvgIpc) is 3.26. The van der Waals surface area contributed by atoms with Crippen LogP contribution in [0.5, 0.6) is 11.5 Å². The Balaban J connectivity index is 0.000000334. The molecule has 0 spiro atoms. The summed E-state index contributed by atoms with van der Waals surface area (Å²) in [6.07, 6.45) is 14.1. The molecule has 0 unspecified atom stereocenters. The molecule has 4 rings (SSSR count). The summed E-state index contributed by atoms with van der Waals surface area (Å²) in [5.74, 6) is 4.89. The number of sulfonamides is 1. The van der Waals surface area contributed by atoms with Gasteiger partial charge >= 0.3 is 0 Å². The molecule has 0 atom stereocenters. The van der Waals surface area contributed by atoms with Crippen LogP contribution >= 0.6 is 12.0 Å². The van der Waals surface area contributed by atoms with Crippen LogP contribution in [0.2, 0.25) is 0 Å². The maximum Gasteiger partial charge on any atom is 0.266 e. The Labute approximate surface area is 366 Å². The van der Waals surface area contributed by atoms with E-state index in [1.165, 1.54) is 50.7 Å². The van der Waals surface area contributed by atoms with Gasteiger partial charge in [-0.25, -0.2) is 13.1 Å². The topological polar surface area (TPSA) is 184 Å². The molecule has 5 N–H and O–H groups in total. The lowest BCUT2D eigenvalue weighted by Crippen LogP contribution is -2.31. The highest BCUT2D eigenvalue weighted by Gasteiger charge is 2.22. The Hall–Kier alpha value is -4.93. The largest absolute Gasteiger partial charge is 0.494 e. The van der Waals surface area contributed by atoms with Crippen LogP contribution in [-0.2, 0) is 24.1 Å². The second kappa shape index (κ2) is 29.3. The van der Waals surface area contributed by atoms with Gasteiger partial charge in [-0.2, -0.15) is 5.90 Å². The van der Waals surface area contributed by atoms with Gasteiger partial charge in [-0.15, -0.1) is 9.32 Å². The van der Waals surface area contributed by atoms with Crippen molar-refractivity contribution >= 4 is 51.2 Å². The van der Waals surface area contributed by atoms with E-state index in [0.29, 0.717) is 52.8 Å². The molecule has 0 heterocycles. The maximum absolute atomic E-state index is 12.8. The molecule has 3 amide bonds. The van der Waals surface area contributed by atoms with E-state index in [-0.39, 0.29) is 22.9 Å². The van der Waals surface area contributed by atoms with Gasteiger partial charge in [0, 0.05) is 17.5 Å². The number of unbranched alkanes of at least 4 members (excludes halogenated alkanes) is 10. The third-order valence-corrected chi connectivity index (χ3v) is 11.3. The average molecular weight is 879 g/mol. The summed E-state index contributed by atoms with van der Waals surface area (Å²) < 4.78 is 43.9. The van der Waals surface area contributed by atoms with Gasteiger partial charge in [0.1, 0.15) is 16.4 Å². The van der Waals surface area contributed by atoms with Crippen molar-refractivity contribution in [2.45, 2.75) is 120 Å². The van der Waals surface area contributed by atoms with E-state index in [1.807, 2.05) is 31.2 Å². The Morgan fingerprint density at radius 2 is 1.08 bits per heavy atom. The lowest BCUT2D eigenvalue weighted by atomic mass is 10.1. The summed E-state index contributed by atoms with van der Waals surface area (Å²) in [5.41, 5.74) is 1.57. The van der Waals surface area contributed by atoms with Gasteiger partial charge in [-0.05, 0) is 79.9 Å². The molecule has 0 aliphatic carbocycles. The number of hydrogen-bond donors (Lipinski definition) is 4. The third kappa shape index (κ3) is 19.6. The summed E-state index contributed by atoms with van der Waals surface area (Å²) in [6, 6.07) is 27.2. The molecular weight excluding hydrogens is 817 g/mol. The van der Waals surface area contributed by atoms with E-state index in [9.17, 15) is 22.8 Å². The predicted octanol–water partition coefficient (Wildman–Crippen LogP) is 10.8. The monoisotopic (exact) mass is 878 g/mol. The number of amides is 3. The first-order chi connectivity index (χ1) is 29.6. The molecule has 15 heteroatoms. The standard InChI is InChI=1S/C26H36N2O5S.C20H26N2O4S/c1-3-5-7-8-12-19-33-22-15-13-14-21(20-22)26(30)27-23-16-10-11-17-24(23)34(31,32)28-25(29)18-9-6-4-2;1-2-3-4-5-8-14-24-17-11-9-10-16(15-17)20(23)22-18-12-6-7-13-19(18)27-26-25-21/h10-11,13-17,20H,3-9,12,18-19H2,1-2H3,(H,27,30)(H,28,29);6-7,9-13,15H,2-5,8,14,21H2,1H3,(H,22,23). The minimum atomic E-state index is -4.12. The molecular formula is C46H62N4O9S2. The second-order valence-corrected chi connectivity index (χ2v) is 16.6. The number of nitrogens with one attached hydrogen (secondary N) is 3. The lowest BCUT2D eigenvalue weighted by molar-refractivity contribution is -0.195. The van der Waals surface area contributed by atoms with Crippen molar-refractivity contribution in [3.8, 4) is 11.5 Å². The van der Waals surface area contributed by atoms with E-state index in [1.54, 1.807) is 60.7 Å². The van der Waals surface area contributed by atoms with Crippen molar-refractivity contribution in [2.24, 2.45) is 5.90 Å². The van der Waals surface area contributed by atoms with Gasteiger partial charge in [0.2, 0.25) is 5.91 Å². The molecule has 4 aromatic carbocycles. The van der Waals surface area contributed by atoms with Crippen molar-refractivity contribution in [1.82, 2.24) is 4.72 Å². The number of anilines is 2. The van der Waals surface area contributed by atoms with Gasteiger partial charge in [-0.1, -0.05) is 121 Å². The number of rotatable bonds is 27. The zero-order valence-electron chi connectivity index (χ0n) is 35.6. The van der Waals surface area contributed by atoms with Crippen LogP contribution in [-0.4, -0.2) is 39.4 Å². The smallest absolute Gasteiger partial charge is 0.266 e. The van der Waals surface area contributed by atoms with Crippen molar-refractivity contribution < 1.29 is 41.6 Å². The molecule has 0 aliphatic heterocycles. The highest BCUT2D eigenvalue weighted by molar-refractivity contribution is 7.94. The second-order valence-electron chi connectivity index (χ2n) is 14.2. The van der Waals surface area contributed by atoms with Crippen molar-refractivity contribution in [3.05, 3.63) is 108 Å². The zero-order valence-corrected chi connectivity index (χ0v) is 37.3. The lowest BCUT2D eigenvalue weighted by Gasteiger charge is -2.13. The van der Waals surface area contributed by atoms with Gasteiger partial charge < -0.3 is 20.1 Å². The van der Waals surface area contributed by atoms with Crippen LogP contribution in [0.25, 0.3) is 0 Å². The quantitative estimate of drug-likeness (QED) is 0.0193. The number of carbonyl (C=O) groups is 3. The number of benzene rings is 4. The van der Waals surface area contributed by atoms with E-state index in [0.717, 1.165) is 50.6 Å². The molecule has 0 aromatic heterocycles. The number of hydrogen-bond acceptors (Lipinski definition) is 11. The Kier molecular flexibility index (Phi) is 24.3. The Morgan fingerprint density at radius 1 is 0.590 bits per heavy atom. The van der Waals surface area contributed by atoms with Crippen LogP contribution in [0.15, 0.2) is 107 Å². The van der Waals surface area contributed by atoms with Crippen molar-refractivity contribution in [3.63, 3.8) is 0 Å². The fourth-order valence-corrected chi connectivity index (χ4v) is 7.56. The Morgan fingerprint density at radius 3 is 1.64 bits per heavy atom. The Bertz CT molecular complexity index is 2030. The van der Waals surface area contributed by atoms with Crippen LogP contribution < -0.4 is 30.7 Å². The van der Waals surface area contributed by atoms with Gasteiger partial charge in [-0.3, -0.25) is 14.4 Å². The summed E-state index contributed by atoms with van der Waals surface area (Å²) in [6.45, 7) is 7.61. The van der Waals surface area contributed by atoms with Crippen LogP contribution in [0.1, 0.15) is 131 Å². The normalized spacial score (nSPS) is 10.9. The summed E-state index contributed by atoms with van der Waals surface area (Å²) in [7, 11) is -4.12. The molecule has 0 bridgehead atoms. The van der Waals surface area contributed by atoms with Crippen LogP contribution in [0.3, 0.4) is 0 Å². The zero-order chi connectivity index (χ0) is 44.1. The number of para-hydroxylation sites is 2. The molecule has 0 aliphatic rings. The first-order valence-corrected chi connectivity index (χ1v) is 23.4. The van der Waals surface area contributed by atoms with E-state index < -0.39 is 21.8 Å². The predicted molar refractivity (Wildman–Crippen MR) is 242 cm³/mol. The van der Waals surface area contributed by atoms with Gasteiger partial charge in [0.25, 0.3) is 21.8 Å². The third-order valence-electron chi connectivity index (χ3n) is 9.20. The SMILES string of the molecule is CCCCCCCOc1cccc(C(=O)Nc2ccccc2S(=O)(=O)NC(=O)CCCCC)c1.CCCCCCCOc1cccc(C(=O)Nc2ccccc2SOON)c1. The summed E-state index contributed by atoms with van der Waals surface area (Å²) >= 11 is 0.920. The number of ether oxygens (including phenoxy) is 2. The molecule has 332 valence electrons. The van der Waals surface area contributed by atoms with E-state index in [2.05, 4.69) is 38.5 Å². The molecule has 0 saturated carbocycles. The maximum atomic E-state index is 12.8. The van der Waals surface area contributed by atoms with Crippen LogP contribution in [0, 0.1) is 0 Å². The first kappa shape index (κ1) is 50.4. The molecule has 13 nitrogen and oxygen atoms in total. The van der Waals surface area contributed by atoms with Crippen molar-refractivity contribution in [2.75, 3.05) is 23.8 Å². The molecule has 0 saturated heterocycles. The number of nitrogens with two attached hydrogens (primary N) is 1. The minimum absolute atomic E-state index is 0.101. The van der Waals surface area contributed by atoms with Gasteiger partial charge in [0.05, 0.1) is 41.5 Å². The minimum Gasteiger partial charge on any atom is -0.494 e. The van der Waals surface area contributed by atoms with E-state index >= 15 is 0 Å². The van der Waals surface area contributed by atoms with Gasteiger partial charge in [0.15, 0.2) is 0 Å². The molecule has 61 heavy (non-hydrogen) atoms. The van der Waals surface area contributed by atoms with Crippen LogP contribution in [0.4, 0.5) is 11.4 Å². The molecule has 4 aromatic rings. The summed E-state index contributed by atoms with van der Waals surface area (Å²) in [5, 5.41) is 5.51. The van der Waals surface area contributed by atoms with E-state index in [4.69, 9.17) is 15.4 Å². The highest BCUT2D eigenvalue weighted by Crippen LogP contribution is 2.28. The highest BCUT2D eigenvalue weighted by atomic mass is 32.2. The first-order valence-electron chi connectivity index (χ1n) is 21.1. The van der Waals surface area contributed by atoms with Crippen molar-refractivity contribution in [1.29, 1.82) is 0 Å². The number of carbonyl (C=O) groups excluding carboxylic acids is 3. The fourth-order valence-electron chi connectivity index (χ4n) is 5.93. The molecule has 0 radical (unpaired) electrons. The molecule has 0 fully saturated rings.